The maximum absolute atomic E-state index is 5.69. The van der Waals surface area contributed by atoms with Crippen molar-refractivity contribution in [3.8, 4) is 0 Å². The molecule has 5 nitrogen and oxygen atoms in total. The van der Waals surface area contributed by atoms with Crippen LogP contribution in [0.1, 0.15) is 25.7 Å². The largest absolute Gasteiger partial charge is 0.396 e. The first-order valence-electron chi connectivity index (χ1n) is 6.39. The lowest BCUT2D eigenvalue weighted by Crippen LogP contribution is -2.10. The minimum absolute atomic E-state index is 0.357. The van der Waals surface area contributed by atoms with Crippen molar-refractivity contribution >= 4 is 16.7 Å². The smallest absolute Gasteiger partial charge is 0.131 e. The fraction of sp³-hybridized carbons (Fsp3) is 0.286. The summed E-state index contributed by atoms with van der Waals surface area (Å²) in [6, 6.07) is 8.54. The van der Waals surface area contributed by atoms with Gasteiger partial charge in [0, 0.05) is 12.2 Å². The van der Waals surface area contributed by atoms with Crippen molar-refractivity contribution in [2.45, 2.75) is 26.4 Å². The molecule has 2 heterocycles. The average molecular weight is 255 g/mol. The fourth-order valence-electron chi connectivity index (χ4n) is 2.39. The lowest BCUT2D eigenvalue weighted by molar-refractivity contribution is 0.551. The summed E-state index contributed by atoms with van der Waals surface area (Å²) in [5, 5.41) is 4.22. The average Bonchev–Trinajstić information content (AvgIpc) is 2.92. The van der Waals surface area contributed by atoms with Crippen LogP contribution < -0.4 is 5.73 Å². The Morgan fingerprint density at radius 3 is 2.74 bits per heavy atom. The first kappa shape index (κ1) is 11.8. The topological polar surface area (TPSA) is 61.7 Å². The molecule has 3 aromatic rings. The summed E-state index contributed by atoms with van der Waals surface area (Å²) in [6.07, 6.45) is 3.48. The second-order valence-electron chi connectivity index (χ2n) is 4.95. The molecule has 0 amide bonds. The Kier molecular flexibility index (Phi) is 2.74. The summed E-state index contributed by atoms with van der Waals surface area (Å²) in [4.78, 5) is 4.70. The van der Waals surface area contributed by atoms with E-state index in [0.717, 1.165) is 16.9 Å². The molecule has 0 atom stereocenters. The molecule has 5 heteroatoms. The highest BCUT2D eigenvalue weighted by Crippen LogP contribution is 2.21. The molecule has 0 unspecified atom stereocenters. The summed E-state index contributed by atoms with van der Waals surface area (Å²) < 4.78 is 4.06. The zero-order chi connectivity index (χ0) is 13.4. The van der Waals surface area contributed by atoms with Gasteiger partial charge in [0.1, 0.15) is 5.82 Å². The third kappa shape index (κ3) is 2.07. The molecule has 0 aliphatic carbocycles. The van der Waals surface area contributed by atoms with Crippen molar-refractivity contribution in [3.05, 3.63) is 42.5 Å². The van der Waals surface area contributed by atoms with E-state index in [0.29, 0.717) is 18.3 Å². The van der Waals surface area contributed by atoms with Gasteiger partial charge in [-0.15, -0.1) is 0 Å². The molecule has 0 aliphatic rings. The van der Waals surface area contributed by atoms with Crippen LogP contribution in [0.25, 0.3) is 11.0 Å². The van der Waals surface area contributed by atoms with Crippen molar-refractivity contribution < 1.29 is 0 Å². The summed E-state index contributed by atoms with van der Waals surface area (Å²) in [5.41, 5.74) is 8.55. The Balaban J connectivity index is 2.09. The number of fused-ring (bicyclic) bond motifs is 1. The van der Waals surface area contributed by atoms with Gasteiger partial charge >= 0.3 is 0 Å². The number of nitrogen functional groups attached to an aromatic ring is 1. The van der Waals surface area contributed by atoms with Crippen LogP contribution >= 0.6 is 0 Å². The van der Waals surface area contributed by atoms with Crippen molar-refractivity contribution in [1.82, 2.24) is 19.3 Å². The molecule has 2 aromatic heterocycles. The summed E-state index contributed by atoms with van der Waals surface area (Å²) in [6.45, 7) is 4.95. The molecule has 1 aromatic carbocycles. The number of anilines is 1. The number of nitrogens with zero attached hydrogens (tertiary/aromatic N) is 4. The minimum Gasteiger partial charge on any atom is -0.396 e. The standard InChI is InChI=1S/C14H17N5/c1-10(2)19-13-6-4-3-5-12(13)17-14(19)9-18-8-11(15)7-16-18/h3-8,10H,9,15H2,1-2H3. The molecule has 0 spiro atoms. The van der Waals surface area contributed by atoms with Gasteiger partial charge in [0.2, 0.25) is 0 Å². The fourth-order valence-corrected chi connectivity index (χ4v) is 2.39. The van der Waals surface area contributed by atoms with E-state index in [1.54, 1.807) is 6.20 Å². The number of para-hydroxylation sites is 2. The molecule has 3 rings (SSSR count). The van der Waals surface area contributed by atoms with Crippen LogP contribution in [0.2, 0.25) is 0 Å². The van der Waals surface area contributed by atoms with Crippen molar-refractivity contribution in [1.29, 1.82) is 0 Å². The SMILES string of the molecule is CC(C)n1c(Cn2cc(N)cn2)nc2ccccc21. The van der Waals surface area contributed by atoms with Gasteiger partial charge in [-0.05, 0) is 26.0 Å². The predicted octanol–water partition coefficient (Wildman–Crippen LogP) is 2.44. The second-order valence-corrected chi connectivity index (χ2v) is 4.95. The summed E-state index contributed by atoms with van der Waals surface area (Å²) in [7, 11) is 0. The van der Waals surface area contributed by atoms with Crippen LogP contribution in [-0.2, 0) is 6.54 Å². The quantitative estimate of drug-likeness (QED) is 0.782. The van der Waals surface area contributed by atoms with E-state index in [-0.39, 0.29) is 0 Å². The lowest BCUT2D eigenvalue weighted by atomic mass is 10.3. The van der Waals surface area contributed by atoms with Gasteiger partial charge in [0.05, 0.1) is 29.5 Å². The zero-order valence-corrected chi connectivity index (χ0v) is 11.1. The molecule has 19 heavy (non-hydrogen) atoms. The third-order valence-electron chi connectivity index (χ3n) is 3.14. The Labute approximate surface area is 111 Å². The first-order chi connectivity index (χ1) is 9.15. The van der Waals surface area contributed by atoms with E-state index in [1.807, 2.05) is 29.1 Å². The van der Waals surface area contributed by atoms with Gasteiger partial charge in [-0.3, -0.25) is 4.68 Å². The van der Waals surface area contributed by atoms with Crippen LogP contribution in [-0.4, -0.2) is 19.3 Å². The van der Waals surface area contributed by atoms with Gasteiger partial charge in [-0.25, -0.2) is 4.98 Å². The molecule has 2 N–H and O–H groups in total. The third-order valence-corrected chi connectivity index (χ3v) is 3.14. The molecule has 0 saturated carbocycles. The first-order valence-corrected chi connectivity index (χ1v) is 6.39. The van der Waals surface area contributed by atoms with Crippen LogP contribution in [0.3, 0.4) is 0 Å². The van der Waals surface area contributed by atoms with Crippen LogP contribution in [0.4, 0.5) is 5.69 Å². The lowest BCUT2D eigenvalue weighted by Gasteiger charge is -2.12. The van der Waals surface area contributed by atoms with Gasteiger partial charge in [-0.1, -0.05) is 12.1 Å². The van der Waals surface area contributed by atoms with Gasteiger partial charge in [0.15, 0.2) is 0 Å². The molecule has 0 bridgehead atoms. The van der Waals surface area contributed by atoms with Crippen LogP contribution in [0.15, 0.2) is 36.7 Å². The van der Waals surface area contributed by atoms with Crippen LogP contribution in [0, 0.1) is 0 Å². The molecule has 0 radical (unpaired) electrons. The summed E-state index contributed by atoms with van der Waals surface area (Å²) in [5.74, 6) is 0.999. The van der Waals surface area contributed by atoms with Crippen molar-refractivity contribution in [2.75, 3.05) is 5.73 Å². The molecule has 98 valence electrons. The highest BCUT2D eigenvalue weighted by atomic mass is 15.3. The maximum Gasteiger partial charge on any atom is 0.131 e. The number of hydrogen-bond acceptors (Lipinski definition) is 3. The van der Waals surface area contributed by atoms with E-state index in [2.05, 4.69) is 29.6 Å². The summed E-state index contributed by atoms with van der Waals surface area (Å²) >= 11 is 0. The molecule has 0 aliphatic heterocycles. The van der Waals surface area contributed by atoms with E-state index >= 15 is 0 Å². The van der Waals surface area contributed by atoms with Crippen molar-refractivity contribution in [3.63, 3.8) is 0 Å². The Bertz CT molecular complexity index is 708. The second kappa shape index (κ2) is 4.42. The molecule has 0 fully saturated rings. The number of hydrogen-bond donors (Lipinski definition) is 1. The number of aromatic nitrogens is 4. The number of rotatable bonds is 3. The Morgan fingerprint density at radius 2 is 2.05 bits per heavy atom. The molecular formula is C14H17N5. The maximum atomic E-state index is 5.69. The molecular weight excluding hydrogens is 238 g/mol. The Morgan fingerprint density at radius 1 is 1.26 bits per heavy atom. The number of nitrogens with two attached hydrogens (primary N) is 1. The number of imidazole rings is 1. The highest BCUT2D eigenvalue weighted by Gasteiger charge is 2.13. The van der Waals surface area contributed by atoms with E-state index in [4.69, 9.17) is 10.7 Å². The van der Waals surface area contributed by atoms with E-state index in [9.17, 15) is 0 Å². The van der Waals surface area contributed by atoms with Gasteiger partial charge in [-0.2, -0.15) is 5.10 Å². The Hall–Kier alpha value is -2.30. The minimum atomic E-state index is 0.357. The van der Waals surface area contributed by atoms with Crippen LogP contribution in [0.5, 0.6) is 0 Å². The zero-order valence-electron chi connectivity index (χ0n) is 11.1. The molecule has 0 saturated heterocycles. The van der Waals surface area contributed by atoms with E-state index < -0.39 is 0 Å². The van der Waals surface area contributed by atoms with Gasteiger partial charge in [0.25, 0.3) is 0 Å². The predicted molar refractivity (Wildman–Crippen MR) is 75.9 cm³/mol. The van der Waals surface area contributed by atoms with E-state index in [1.165, 1.54) is 0 Å². The number of benzene rings is 1. The van der Waals surface area contributed by atoms with Crippen molar-refractivity contribution in [2.24, 2.45) is 0 Å². The normalized spacial score (nSPS) is 11.5. The van der Waals surface area contributed by atoms with Gasteiger partial charge < -0.3 is 10.3 Å². The monoisotopic (exact) mass is 255 g/mol. The highest BCUT2D eigenvalue weighted by molar-refractivity contribution is 5.76.